The number of fused-ring (bicyclic) bond motifs is 1. The van der Waals surface area contributed by atoms with Crippen LogP contribution in [0.15, 0.2) is 66.7 Å². The van der Waals surface area contributed by atoms with Crippen LogP contribution in [0.4, 0.5) is 5.69 Å². The van der Waals surface area contributed by atoms with Crippen LogP contribution in [0.2, 0.25) is 0 Å². The highest BCUT2D eigenvalue weighted by atomic mass is 16.5. The van der Waals surface area contributed by atoms with Crippen LogP contribution >= 0.6 is 0 Å². The number of aryl methyl sites for hydroxylation is 1. The van der Waals surface area contributed by atoms with E-state index in [4.69, 9.17) is 9.47 Å². The van der Waals surface area contributed by atoms with Gasteiger partial charge < -0.3 is 14.8 Å². The zero-order chi connectivity index (χ0) is 34.7. The van der Waals surface area contributed by atoms with E-state index >= 15 is 0 Å². The average molecular weight is 669 g/mol. The van der Waals surface area contributed by atoms with Gasteiger partial charge in [0, 0.05) is 5.56 Å². The number of rotatable bonds is 24. The summed E-state index contributed by atoms with van der Waals surface area (Å²) in [5, 5.41) is 11.4. The Morgan fingerprint density at radius 2 is 1.33 bits per heavy atom. The molecule has 8 nitrogen and oxygen atoms in total. The molecule has 0 saturated heterocycles. The first-order chi connectivity index (χ1) is 24.0. The number of unbranched alkanes of at least 4 members (excludes halogenated alkanes) is 15. The van der Waals surface area contributed by atoms with Crippen molar-refractivity contribution in [2.24, 2.45) is 0 Å². The Kier molecular flexibility index (Phi) is 16.1. The first-order valence-electron chi connectivity index (χ1n) is 18.5. The Labute approximate surface area is 293 Å². The lowest BCUT2D eigenvalue weighted by atomic mass is 10.0. The zero-order valence-electron chi connectivity index (χ0n) is 29.9. The summed E-state index contributed by atoms with van der Waals surface area (Å²) in [5.41, 5.74) is 2.96. The fourth-order valence-corrected chi connectivity index (χ4v) is 6.35. The molecule has 0 aliphatic heterocycles. The Bertz CT molecular complexity index is 1570. The summed E-state index contributed by atoms with van der Waals surface area (Å²) in [5.74, 6) is 0.266. The number of hydrogen-bond donors (Lipinski definition) is 1. The largest absolute Gasteiger partial charge is 0.495 e. The average Bonchev–Trinajstić information content (AvgIpc) is 3.55. The third kappa shape index (κ3) is 11.7. The van der Waals surface area contributed by atoms with Crippen LogP contribution in [0.25, 0.3) is 11.0 Å². The topological polar surface area (TPSA) is 95.3 Å². The van der Waals surface area contributed by atoms with Crippen molar-refractivity contribution in [1.29, 1.82) is 0 Å². The zero-order valence-corrected chi connectivity index (χ0v) is 29.9. The van der Waals surface area contributed by atoms with Crippen molar-refractivity contribution in [2.45, 2.75) is 123 Å². The van der Waals surface area contributed by atoms with Crippen molar-refractivity contribution in [3.05, 3.63) is 77.9 Å². The molecule has 1 heterocycles. The molecule has 0 spiro atoms. The second-order valence-corrected chi connectivity index (χ2v) is 13.1. The lowest BCUT2D eigenvalue weighted by Gasteiger charge is -2.18. The number of amides is 1. The number of anilines is 1. The summed E-state index contributed by atoms with van der Waals surface area (Å²) in [4.78, 5) is 27.8. The van der Waals surface area contributed by atoms with Crippen LogP contribution in [0.1, 0.15) is 132 Å². The molecule has 264 valence electrons. The minimum Gasteiger partial charge on any atom is -0.495 e. The molecule has 1 aromatic heterocycles. The molecule has 0 bridgehead atoms. The minimum absolute atomic E-state index is 0.382. The van der Waals surface area contributed by atoms with Gasteiger partial charge in [0.15, 0.2) is 11.8 Å². The standard InChI is InChI=1S/C41H56N4O4/c1-4-5-6-7-8-9-10-11-12-13-14-15-16-17-18-21-31-49-34-29-27-33(28-30-34)40(46)39(41(47)42-35-24-19-20-26-37(35)48-3)45-38-32(2)23-22-25-36(38)43-44-45/h19-20,22-30,39H,4-18,21,31H2,1-3H3,(H,42,47). The summed E-state index contributed by atoms with van der Waals surface area (Å²) < 4.78 is 12.8. The van der Waals surface area contributed by atoms with Crippen LogP contribution in [-0.2, 0) is 4.79 Å². The van der Waals surface area contributed by atoms with Gasteiger partial charge in [0.2, 0.25) is 0 Å². The highest BCUT2D eigenvalue weighted by molar-refractivity contribution is 6.16. The maximum absolute atomic E-state index is 14.0. The molecule has 1 amide bonds. The molecular formula is C41H56N4O4. The van der Waals surface area contributed by atoms with E-state index in [2.05, 4.69) is 22.6 Å². The van der Waals surface area contributed by atoms with E-state index in [-0.39, 0.29) is 0 Å². The highest BCUT2D eigenvalue weighted by Crippen LogP contribution is 2.28. The van der Waals surface area contributed by atoms with Gasteiger partial charge in [0.1, 0.15) is 17.0 Å². The fourth-order valence-electron chi connectivity index (χ4n) is 6.35. The third-order valence-electron chi connectivity index (χ3n) is 9.21. The van der Waals surface area contributed by atoms with Crippen molar-refractivity contribution in [1.82, 2.24) is 15.0 Å². The quantitative estimate of drug-likeness (QED) is 0.0453. The molecule has 3 aromatic carbocycles. The number of para-hydroxylation sites is 3. The number of carbonyl (C=O) groups excluding carboxylic acids is 2. The van der Waals surface area contributed by atoms with Crippen molar-refractivity contribution >= 4 is 28.4 Å². The van der Waals surface area contributed by atoms with Crippen LogP contribution in [0.5, 0.6) is 11.5 Å². The molecule has 0 saturated carbocycles. The van der Waals surface area contributed by atoms with Crippen LogP contribution in [-0.4, -0.2) is 40.4 Å². The summed E-state index contributed by atoms with van der Waals surface area (Å²) in [7, 11) is 1.53. The van der Waals surface area contributed by atoms with E-state index in [0.717, 1.165) is 18.4 Å². The Morgan fingerprint density at radius 3 is 1.94 bits per heavy atom. The van der Waals surface area contributed by atoms with Crippen LogP contribution in [0.3, 0.4) is 0 Å². The highest BCUT2D eigenvalue weighted by Gasteiger charge is 2.33. The Morgan fingerprint density at radius 1 is 0.735 bits per heavy atom. The molecule has 1 N–H and O–H groups in total. The van der Waals surface area contributed by atoms with Gasteiger partial charge in [-0.3, -0.25) is 9.59 Å². The molecule has 49 heavy (non-hydrogen) atoms. The summed E-state index contributed by atoms with van der Waals surface area (Å²) in [6, 6.07) is 18.4. The summed E-state index contributed by atoms with van der Waals surface area (Å²) in [6.07, 6.45) is 21.3. The predicted molar refractivity (Wildman–Crippen MR) is 199 cm³/mol. The van der Waals surface area contributed by atoms with E-state index in [9.17, 15) is 9.59 Å². The van der Waals surface area contributed by atoms with Gasteiger partial charge in [-0.15, -0.1) is 5.10 Å². The Hall–Kier alpha value is -4.20. The number of aromatic nitrogens is 3. The summed E-state index contributed by atoms with van der Waals surface area (Å²) >= 11 is 0. The van der Waals surface area contributed by atoms with E-state index in [1.807, 2.05) is 31.2 Å². The van der Waals surface area contributed by atoms with Crippen molar-refractivity contribution in [2.75, 3.05) is 19.0 Å². The van der Waals surface area contributed by atoms with Gasteiger partial charge >= 0.3 is 0 Å². The number of ether oxygens (including phenoxy) is 2. The molecular weight excluding hydrogens is 612 g/mol. The van der Waals surface area contributed by atoms with Gasteiger partial charge in [0.25, 0.3) is 5.91 Å². The molecule has 0 radical (unpaired) electrons. The van der Waals surface area contributed by atoms with E-state index in [0.29, 0.717) is 40.4 Å². The van der Waals surface area contributed by atoms with E-state index in [1.165, 1.54) is 102 Å². The number of nitrogens with zero attached hydrogens (tertiary/aromatic N) is 3. The first kappa shape index (κ1) is 37.6. The second kappa shape index (κ2) is 21.0. The first-order valence-corrected chi connectivity index (χ1v) is 18.5. The monoisotopic (exact) mass is 668 g/mol. The maximum atomic E-state index is 14.0. The maximum Gasteiger partial charge on any atom is 0.257 e. The molecule has 1 unspecified atom stereocenters. The number of Topliss-reactive ketones (excluding diaryl/α,β-unsaturated/α-hetero) is 1. The van der Waals surface area contributed by atoms with Crippen molar-refractivity contribution in [3.8, 4) is 11.5 Å². The number of methoxy groups -OCH3 is 1. The third-order valence-corrected chi connectivity index (χ3v) is 9.21. The van der Waals surface area contributed by atoms with Crippen LogP contribution in [0, 0.1) is 6.92 Å². The lowest BCUT2D eigenvalue weighted by Crippen LogP contribution is -2.33. The molecule has 1 atom stereocenters. The molecule has 8 heteroatoms. The molecule has 0 fully saturated rings. The number of ketones is 1. The SMILES string of the molecule is CCCCCCCCCCCCCCCCCCOc1ccc(C(=O)C(C(=O)Nc2ccccc2OC)n2nnc3cccc(C)c32)cc1. The smallest absolute Gasteiger partial charge is 0.257 e. The van der Waals surface area contributed by atoms with Gasteiger partial charge in [-0.1, -0.05) is 133 Å². The van der Waals surface area contributed by atoms with Crippen molar-refractivity contribution in [3.63, 3.8) is 0 Å². The molecule has 4 rings (SSSR count). The number of carbonyl (C=O) groups is 2. The second-order valence-electron chi connectivity index (χ2n) is 13.1. The number of benzene rings is 3. The van der Waals surface area contributed by atoms with E-state index in [1.54, 1.807) is 42.5 Å². The van der Waals surface area contributed by atoms with Gasteiger partial charge in [-0.2, -0.15) is 0 Å². The fraction of sp³-hybridized carbons (Fsp3) is 0.512. The number of nitrogens with one attached hydrogen (secondary N) is 1. The van der Waals surface area contributed by atoms with E-state index < -0.39 is 17.7 Å². The number of hydrogen-bond acceptors (Lipinski definition) is 6. The van der Waals surface area contributed by atoms with Gasteiger partial charge in [0.05, 0.1) is 24.9 Å². The lowest BCUT2D eigenvalue weighted by molar-refractivity contribution is -0.118. The van der Waals surface area contributed by atoms with Crippen LogP contribution < -0.4 is 14.8 Å². The molecule has 0 aliphatic rings. The summed E-state index contributed by atoms with van der Waals surface area (Å²) in [6.45, 7) is 4.83. The van der Waals surface area contributed by atoms with Crippen molar-refractivity contribution < 1.29 is 19.1 Å². The predicted octanol–water partition coefficient (Wildman–Crippen LogP) is 10.5. The Balaban J connectivity index is 1.22. The molecule has 0 aliphatic carbocycles. The van der Waals surface area contributed by atoms with Gasteiger partial charge in [-0.25, -0.2) is 4.68 Å². The molecule has 4 aromatic rings. The van der Waals surface area contributed by atoms with Gasteiger partial charge in [-0.05, 0) is 61.4 Å². The normalized spacial score (nSPS) is 11.8. The minimum atomic E-state index is -1.28.